The molecule has 1 aliphatic carbocycles. The van der Waals surface area contributed by atoms with Gasteiger partial charge in [0, 0.05) is 38.1 Å². The van der Waals surface area contributed by atoms with Crippen LogP contribution in [0, 0.1) is 18.8 Å². The summed E-state index contributed by atoms with van der Waals surface area (Å²) in [5.74, 6) is 4.19. The maximum Gasteiger partial charge on any atom is 0.128 e. The quantitative estimate of drug-likeness (QED) is 0.864. The van der Waals surface area contributed by atoms with Gasteiger partial charge in [0.2, 0.25) is 0 Å². The molecule has 0 amide bonds. The first-order chi connectivity index (χ1) is 10.2. The van der Waals surface area contributed by atoms with Crippen LogP contribution in [0.5, 0.6) is 0 Å². The average Bonchev–Trinajstić information content (AvgIpc) is 2.90. The summed E-state index contributed by atoms with van der Waals surface area (Å²) in [6.45, 7) is 7.62. The van der Waals surface area contributed by atoms with E-state index in [0.29, 0.717) is 0 Å². The van der Waals surface area contributed by atoms with Crippen molar-refractivity contribution < 1.29 is 0 Å². The summed E-state index contributed by atoms with van der Waals surface area (Å²) in [4.78, 5) is 11.5. The smallest absolute Gasteiger partial charge is 0.128 e. The maximum atomic E-state index is 4.70. The fourth-order valence-corrected chi connectivity index (χ4v) is 3.48. The summed E-state index contributed by atoms with van der Waals surface area (Å²) in [6, 6.07) is 2.25. The molecular formula is C17H22N4. The van der Waals surface area contributed by atoms with Gasteiger partial charge in [-0.05, 0) is 42.4 Å². The molecule has 2 aromatic rings. The molecule has 1 saturated carbocycles. The van der Waals surface area contributed by atoms with Crippen molar-refractivity contribution in [2.75, 3.05) is 18.0 Å². The number of hydrogen-bond donors (Lipinski definition) is 0. The number of rotatable bonds is 4. The van der Waals surface area contributed by atoms with Crippen molar-refractivity contribution in [1.82, 2.24) is 14.5 Å². The van der Waals surface area contributed by atoms with Crippen molar-refractivity contribution in [2.45, 2.75) is 33.2 Å². The van der Waals surface area contributed by atoms with Gasteiger partial charge in [-0.3, -0.25) is 0 Å². The standard InChI is InChI=1S/C17H22N4/c1-3-16-18-4-5-20(16)11-15-8-19-17(6-12(15)2)21-9-13-7-14(13)10-21/h4-6,8,13-14H,3,7,9-11H2,1-2H3. The SMILES string of the molecule is CCc1nccn1Cc1cnc(N2CC3CC3C2)cc1C. The number of piperidine rings is 1. The molecule has 1 aliphatic heterocycles. The Morgan fingerprint density at radius 3 is 2.76 bits per heavy atom. The van der Waals surface area contributed by atoms with Gasteiger partial charge in [0.1, 0.15) is 11.6 Å². The van der Waals surface area contributed by atoms with Gasteiger partial charge in [0.15, 0.2) is 0 Å². The zero-order valence-electron chi connectivity index (χ0n) is 12.8. The zero-order valence-corrected chi connectivity index (χ0v) is 12.8. The van der Waals surface area contributed by atoms with Gasteiger partial charge >= 0.3 is 0 Å². The van der Waals surface area contributed by atoms with E-state index in [4.69, 9.17) is 4.98 Å². The molecule has 2 aliphatic rings. The molecule has 4 rings (SSSR count). The number of nitrogens with zero attached hydrogens (tertiary/aromatic N) is 4. The first-order valence-electron chi connectivity index (χ1n) is 7.95. The lowest BCUT2D eigenvalue weighted by Crippen LogP contribution is -2.23. The first kappa shape index (κ1) is 12.9. The van der Waals surface area contributed by atoms with E-state index >= 15 is 0 Å². The van der Waals surface area contributed by atoms with Gasteiger partial charge in [-0.1, -0.05) is 6.92 Å². The number of anilines is 1. The van der Waals surface area contributed by atoms with Gasteiger partial charge in [0.05, 0.1) is 6.54 Å². The lowest BCUT2D eigenvalue weighted by Gasteiger charge is -2.20. The highest BCUT2D eigenvalue weighted by Gasteiger charge is 2.45. The van der Waals surface area contributed by atoms with E-state index in [2.05, 4.69) is 40.6 Å². The molecule has 1 saturated heterocycles. The van der Waals surface area contributed by atoms with Crippen molar-refractivity contribution in [3.8, 4) is 0 Å². The average molecular weight is 282 g/mol. The molecule has 0 bridgehead atoms. The summed E-state index contributed by atoms with van der Waals surface area (Å²) >= 11 is 0. The first-order valence-corrected chi connectivity index (χ1v) is 7.95. The fourth-order valence-electron chi connectivity index (χ4n) is 3.48. The van der Waals surface area contributed by atoms with E-state index in [1.54, 1.807) is 0 Å². The summed E-state index contributed by atoms with van der Waals surface area (Å²) in [5.41, 5.74) is 2.62. The van der Waals surface area contributed by atoms with Crippen LogP contribution in [0.25, 0.3) is 0 Å². The van der Waals surface area contributed by atoms with Gasteiger partial charge in [-0.15, -0.1) is 0 Å². The molecule has 0 N–H and O–H groups in total. The lowest BCUT2D eigenvalue weighted by molar-refractivity contribution is 0.724. The van der Waals surface area contributed by atoms with Gasteiger partial charge < -0.3 is 9.47 Å². The minimum atomic E-state index is 0.869. The predicted octanol–water partition coefficient (Wildman–Crippen LogP) is 2.65. The topological polar surface area (TPSA) is 34.0 Å². The van der Waals surface area contributed by atoms with E-state index in [0.717, 1.165) is 36.4 Å². The largest absolute Gasteiger partial charge is 0.356 e. The summed E-state index contributed by atoms with van der Waals surface area (Å²) in [7, 11) is 0. The second kappa shape index (κ2) is 4.86. The molecule has 2 atom stereocenters. The van der Waals surface area contributed by atoms with Gasteiger partial charge in [0.25, 0.3) is 0 Å². The van der Waals surface area contributed by atoms with Crippen LogP contribution in [0.3, 0.4) is 0 Å². The molecule has 0 spiro atoms. The van der Waals surface area contributed by atoms with E-state index in [1.807, 2.05) is 12.4 Å². The molecule has 21 heavy (non-hydrogen) atoms. The zero-order chi connectivity index (χ0) is 14.4. The molecule has 0 radical (unpaired) electrons. The van der Waals surface area contributed by atoms with Crippen LogP contribution in [0.15, 0.2) is 24.7 Å². The van der Waals surface area contributed by atoms with Crippen LogP contribution in [0.2, 0.25) is 0 Å². The van der Waals surface area contributed by atoms with Crippen molar-refractivity contribution >= 4 is 5.82 Å². The molecule has 4 nitrogen and oxygen atoms in total. The monoisotopic (exact) mass is 282 g/mol. The summed E-state index contributed by atoms with van der Waals surface area (Å²) in [6.07, 6.45) is 8.39. The Balaban J connectivity index is 1.53. The third kappa shape index (κ3) is 2.33. The predicted molar refractivity (Wildman–Crippen MR) is 83.5 cm³/mol. The Kier molecular flexibility index (Phi) is 2.98. The fraction of sp³-hybridized carbons (Fsp3) is 0.529. The Labute approximate surface area is 125 Å². The van der Waals surface area contributed by atoms with Crippen LogP contribution in [-0.4, -0.2) is 27.6 Å². The highest BCUT2D eigenvalue weighted by atomic mass is 15.2. The summed E-state index contributed by atoms with van der Waals surface area (Å²) < 4.78 is 2.22. The van der Waals surface area contributed by atoms with E-state index in [-0.39, 0.29) is 0 Å². The Morgan fingerprint density at radius 2 is 2.05 bits per heavy atom. The molecule has 4 heteroatoms. The van der Waals surface area contributed by atoms with E-state index < -0.39 is 0 Å². The molecule has 110 valence electrons. The van der Waals surface area contributed by atoms with Gasteiger partial charge in [-0.25, -0.2) is 9.97 Å². The van der Waals surface area contributed by atoms with Crippen molar-refractivity contribution in [3.05, 3.63) is 41.6 Å². The normalized spacial score (nSPS) is 23.4. The third-order valence-corrected chi connectivity index (χ3v) is 4.97. The van der Waals surface area contributed by atoms with Crippen LogP contribution >= 0.6 is 0 Å². The number of aromatic nitrogens is 3. The minimum Gasteiger partial charge on any atom is -0.356 e. The van der Waals surface area contributed by atoms with Gasteiger partial charge in [-0.2, -0.15) is 0 Å². The molecule has 2 unspecified atom stereocenters. The van der Waals surface area contributed by atoms with Crippen molar-refractivity contribution in [2.24, 2.45) is 11.8 Å². The van der Waals surface area contributed by atoms with E-state index in [1.165, 1.54) is 30.6 Å². The second-order valence-corrected chi connectivity index (χ2v) is 6.45. The molecule has 2 fully saturated rings. The van der Waals surface area contributed by atoms with Crippen LogP contribution in [-0.2, 0) is 13.0 Å². The highest BCUT2D eigenvalue weighted by molar-refractivity contribution is 5.45. The van der Waals surface area contributed by atoms with Crippen molar-refractivity contribution in [3.63, 3.8) is 0 Å². The number of pyridine rings is 1. The maximum absolute atomic E-state index is 4.70. The number of aryl methyl sites for hydroxylation is 2. The number of imidazole rings is 1. The summed E-state index contributed by atoms with van der Waals surface area (Å²) in [5, 5.41) is 0. The Morgan fingerprint density at radius 1 is 1.24 bits per heavy atom. The Bertz CT molecular complexity index is 651. The molecule has 3 heterocycles. The van der Waals surface area contributed by atoms with Crippen molar-refractivity contribution in [1.29, 1.82) is 0 Å². The molecule has 0 aromatic carbocycles. The van der Waals surface area contributed by atoms with Crippen LogP contribution < -0.4 is 4.90 Å². The minimum absolute atomic E-state index is 0.869. The van der Waals surface area contributed by atoms with Crippen LogP contribution in [0.4, 0.5) is 5.82 Å². The number of hydrogen-bond acceptors (Lipinski definition) is 3. The molecular weight excluding hydrogens is 260 g/mol. The molecule has 2 aromatic heterocycles. The second-order valence-electron chi connectivity index (χ2n) is 6.45. The lowest BCUT2D eigenvalue weighted by atomic mass is 10.1. The highest BCUT2D eigenvalue weighted by Crippen LogP contribution is 2.45. The van der Waals surface area contributed by atoms with E-state index in [9.17, 15) is 0 Å². The Hall–Kier alpha value is -1.84. The third-order valence-electron chi connectivity index (χ3n) is 4.97. The van der Waals surface area contributed by atoms with Crippen LogP contribution in [0.1, 0.15) is 30.3 Å². The number of fused-ring (bicyclic) bond motifs is 1.